The Morgan fingerprint density at radius 2 is 1.89 bits per heavy atom. The number of hydrogen-bond donors (Lipinski definition) is 1. The summed E-state index contributed by atoms with van der Waals surface area (Å²) in [6, 6.07) is 0.205. The van der Waals surface area contributed by atoms with E-state index in [2.05, 4.69) is 13.8 Å². The molecule has 1 saturated carbocycles. The zero-order chi connectivity index (χ0) is 12.8. The van der Waals surface area contributed by atoms with Crippen molar-refractivity contribution in [3.05, 3.63) is 0 Å². The van der Waals surface area contributed by atoms with Gasteiger partial charge in [-0.15, -0.1) is 12.4 Å². The molecule has 1 amide bonds. The van der Waals surface area contributed by atoms with Gasteiger partial charge in [-0.05, 0) is 31.1 Å². The second kappa shape index (κ2) is 8.76. The van der Waals surface area contributed by atoms with Crippen molar-refractivity contribution < 1.29 is 4.79 Å². The van der Waals surface area contributed by atoms with Crippen molar-refractivity contribution in [1.82, 2.24) is 4.90 Å². The van der Waals surface area contributed by atoms with Gasteiger partial charge in [-0.25, -0.2) is 0 Å². The molecule has 108 valence electrons. The van der Waals surface area contributed by atoms with Crippen LogP contribution in [0.2, 0.25) is 0 Å². The predicted octanol–water partition coefficient (Wildman–Crippen LogP) is 2.82. The minimum absolute atomic E-state index is 0. The lowest BCUT2D eigenvalue weighted by Gasteiger charge is -2.22. The fourth-order valence-electron chi connectivity index (χ4n) is 2.42. The summed E-state index contributed by atoms with van der Waals surface area (Å²) in [5, 5.41) is 0. The molecule has 0 heterocycles. The molecule has 1 aliphatic carbocycles. The van der Waals surface area contributed by atoms with E-state index in [9.17, 15) is 4.79 Å². The van der Waals surface area contributed by atoms with Crippen molar-refractivity contribution in [3.8, 4) is 0 Å². The molecule has 0 aromatic rings. The number of carbonyl (C=O) groups excluding carboxylic acids is 1. The van der Waals surface area contributed by atoms with Crippen molar-refractivity contribution in [3.63, 3.8) is 0 Å². The Morgan fingerprint density at radius 3 is 2.39 bits per heavy atom. The molecule has 1 aliphatic rings. The molecule has 4 heteroatoms. The van der Waals surface area contributed by atoms with Crippen LogP contribution in [0.5, 0.6) is 0 Å². The standard InChI is InChI=1S/C14H28N2O.ClH/c1-11(2)13(15)8-9-16(3)14(17)10-12-6-4-5-7-12;/h11-13H,4-10,15H2,1-3H3;1H. The molecule has 0 bridgehead atoms. The molecule has 1 rings (SSSR count). The Bertz CT molecular complexity index is 240. The summed E-state index contributed by atoms with van der Waals surface area (Å²) in [7, 11) is 1.91. The summed E-state index contributed by atoms with van der Waals surface area (Å²) in [4.78, 5) is 13.8. The zero-order valence-corrected chi connectivity index (χ0v) is 12.8. The van der Waals surface area contributed by atoms with Crippen LogP contribution in [0.1, 0.15) is 52.4 Å². The minimum atomic E-state index is 0. The van der Waals surface area contributed by atoms with Gasteiger partial charge in [0.05, 0.1) is 0 Å². The first-order valence-electron chi connectivity index (χ1n) is 7.00. The lowest BCUT2D eigenvalue weighted by atomic mass is 10.0. The summed E-state index contributed by atoms with van der Waals surface area (Å²) >= 11 is 0. The molecule has 1 fully saturated rings. The van der Waals surface area contributed by atoms with Gasteiger partial charge in [0.1, 0.15) is 0 Å². The maximum Gasteiger partial charge on any atom is 0.222 e. The number of halogens is 1. The molecule has 0 spiro atoms. The molecule has 2 N–H and O–H groups in total. The predicted molar refractivity (Wildman–Crippen MR) is 78.9 cm³/mol. The van der Waals surface area contributed by atoms with Crippen LogP contribution >= 0.6 is 12.4 Å². The Morgan fingerprint density at radius 1 is 1.33 bits per heavy atom. The number of nitrogens with zero attached hydrogens (tertiary/aromatic N) is 1. The van der Waals surface area contributed by atoms with Crippen LogP contribution in [0.4, 0.5) is 0 Å². The van der Waals surface area contributed by atoms with E-state index in [0.29, 0.717) is 17.7 Å². The molecule has 1 atom stereocenters. The summed E-state index contributed by atoms with van der Waals surface area (Å²) in [6.45, 7) is 5.06. The zero-order valence-electron chi connectivity index (χ0n) is 12.0. The van der Waals surface area contributed by atoms with E-state index in [4.69, 9.17) is 5.73 Å². The van der Waals surface area contributed by atoms with Crippen molar-refractivity contribution in [2.24, 2.45) is 17.6 Å². The number of amides is 1. The SMILES string of the molecule is CC(C)C(N)CCN(C)C(=O)CC1CCCC1.Cl. The van der Waals surface area contributed by atoms with Gasteiger partial charge in [-0.2, -0.15) is 0 Å². The first-order valence-corrected chi connectivity index (χ1v) is 7.00. The third kappa shape index (κ3) is 6.05. The van der Waals surface area contributed by atoms with Gasteiger partial charge in [0.25, 0.3) is 0 Å². The summed E-state index contributed by atoms with van der Waals surface area (Å²) < 4.78 is 0. The Labute approximate surface area is 118 Å². The van der Waals surface area contributed by atoms with Crippen molar-refractivity contribution in [1.29, 1.82) is 0 Å². The maximum absolute atomic E-state index is 12.0. The second-order valence-corrected chi connectivity index (χ2v) is 5.87. The van der Waals surface area contributed by atoms with E-state index < -0.39 is 0 Å². The molecule has 0 aromatic carbocycles. The van der Waals surface area contributed by atoms with Gasteiger partial charge in [0.15, 0.2) is 0 Å². The highest BCUT2D eigenvalue weighted by Crippen LogP contribution is 2.27. The molecule has 18 heavy (non-hydrogen) atoms. The average Bonchev–Trinajstić information content (AvgIpc) is 2.77. The topological polar surface area (TPSA) is 46.3 Å². The van der Waals surface area contributed by atoms with Crippen LogP contribution in [0.25, 0.3) is 0 Å². The van der Waals surface area contributed by atoms with E-state index in [1.165, 1.54) is 25.7 Å². The van der Waals surface area contributed by atoms with Gasteiger partial charge in [-0.1, -0.05) is 26.7 Å². The van der Waals surface area contributed by atoms with E-state index in [0.717, 1.165) is 19.4 Å². The smallest absolute Gasteiger partial charge is 0.222 e. The third-order valence-electron chi connectivity index (χ3n) is 4.02. The molecule has 0 saturated heterocycles. The lowest BCUT2D eigenvalue weighted by molar-refractivity contribution is -0.131. The summed E-state index contributed by atoms with van der Waals surface area (Å²) in [5.41, 5.74) is 5.99. The van der Waals surface area contributed by atoms with E-state index in [1.807, 2.05) is 11.9 Å². The molecular formula is C14H29ClN2O. The quantitative estimate of drug-likeness (QED) is 0.811. The van der Waals surface area contributed by atoms with Crippen LogP contribution in [0, 0.1) is 11.8 Å². The molecule has 0 radical (unpaired) electrons. The van der Waals surface area contributed by atoms with Crippen molar-refractivity contribution in [2.45, 2.75) is 58.4 Å². The van der Waals surface area contributed by atoms with Crippen LogP contribution in [0.3, 0.4) is 0 Å². The minimum Gasteiger partial charge on any atom is -0.346 e. The highest BCUT2D eigenvalue weighted by molar-refractivity contribution is 5.85. The van der Waals surface area contributed by atoms with Crippen molar-refractivity contribution in [2.75, 3.05) is 13.6 Å². The Balaban J connectivity index is 0.00000289. The first kappa shape index (κ1) is 17.7. The molecule has 1 unspecified atom stereocenters. The summed E-state index contributed by atoms with van der Waals surface area (Å²) in [6.07, 6.45) is 6.74. The fraction of sp³-hybridized carbons (Fsp3) is 0.929. The lowest BCUT2D eigenvalue weighted by Crippen LogP contribution is -2.35. The normalized spacial score (nSPS) is 17.6. The van der Waals surface area contributed by atoms with Gasteiger partial charge < -0.3 is 10.6 Å². The average molecular weight is 277 g/mol. The number of hydrogen-bond acceptors (Lipinski definition) is 2. The summed E-state index contributed by atoms with van der Waals surface area (Å²) in [5.74, 6) is 1.44. The molecule has 0 aliphatic heterocycles. The van der Waals surface area contributed by atoms with E-state index in [1.54, 1.807) is 0 Å². The van der Waals surface area contributed by atoms with Gasteiger partial charge in [0, 0.05) is 26.1 Å². The Hall–Kier alpha value is -0.280. The van der Waals surface area contributed by atoms with Crippen molar-refractivity contribution >= 4 is 18.3 Å². The molecular weight excluding hydrogens is 248 g/mol. The second-order valence-electron chi connectivity index (χ2n) is 5.87. The van der Waals surface area contributed by atoms with E-state index in [-0.39, 0.29) is 18.4 Å². The van der Waals surface area contributed by atoms with E-state index >= 15 is 0 Å². The van der Waals surface area contributed by atoms with Gasteiger partial charge in [0.2, 0.25) is 5.91 Å². The largest absolute Gasteiger partial charge is 0.346 e. The third-order valence-corrected chi connectivity index (χ3v) is 4.02. The van der Waals surface area contributed by atoms with Gasteiger partial charge in [-0.3, -0.25) is 4.79 Å². The van der Waals surface area contributed by atoms with Gasteiger partial charge >= 0.3 is 0 Å². The Kier molecular flexibility index (Phi) is 8.62. The highest BCUT2D eigenvalue weighted by atomic mass is 35.5. The number of rotatable bonds is 6. The maximum atomic E-state index is 12.0. The molecule has 3 nitrogen and oxygen atoms in total. The fourth-order valence-corrected chi connectivity index (χ4v) is 2.42. The van der Waals surface area contributed by atoms with Crippen LogP contribution < -0.4 is 5.73 Å². The van der Waals surface area contributed by atoms with Crippen LogP contribution in [0.15, 0.2) is 0 Å². The molecule has 0 aromatic heterocycles. The number of nitrogens with two attached hydrogens (primary N) is 1. The monoisotopic (exact) mass is 276 g/mol. The number of carbonyl (C=O) groups is 1. The first-order chi connectivity index (χ1) is 8.00. The van der Waals surface area contributed by atoms with Crippen LogP contribution in [-0.4, -0.2) is 30.4 Å². The highest BCUT2D eigenvalue weighted by Gasteiger charge is 2.20. The van der Waals surface area contributed by atoms with Crippen LogP contribution in [-0.2, 0) is 4.79 Å².